The first-order valence-corrected chi connectivity index (χ1v) is 11.2. The van der Waals surface area contributed by atoms with Gasteiger partial charge in [-0.3, -0.25) is 9.69 Å². The lowest BCUT2D eigenvalue weighted by Gasteiger charge is -2.25. The molecule has 0 bridgehead atoms. The van der Waals surface area contributed by atoms with Crippen molar-refractivity contribution in [3.05, 3.63) is 52.8 Å². The molecule has 8 heteroatoms. The first kappa shape index (κ1) is 22.5. The maximum absolute atomic E-state index is 13.5. The van der Waals surface area contributed by atoms with Gasteiger partial charge in [0, 0.05) is 13.1 Å². The van der Waals surface area contributed by atoms with Crippen molar-refractivity contribution in [1.29, 1.82) is 0 Å². The van der Waals surface area contributed by atoms with Gasteiger partial charge < -0.3 is 9.64 Å². The van der Waals surface area contributed by atoms with Gasteiger partial charge in [-0.15, -0.1) is 0 Å². The minimum Gasteiger partial charge on any atom is -0.494 e. The molecule has 3 aromatic rings. The topological polar surface area (TPSA) is 45.7 Å². The van der Waals surface area contributed by atoms with Crippen molar-refractivity contribution in [2.45, 2.75) is 20.8 Å². The minimum atomic E-state index is -0.477. The maximum atomic E-state index is 13.5. The highest BCUT2D eigenvalue weighted by molar-refractivity contribution is 7.22. The Hall–Kier alpha value is -2.22. The third-order valence-electron chi connectivity index (χ3n) is 4.83. The molecule has 2 aromatic carbocycles. The van der Waals surface area contributed by atoms with Gasteiger partial charge in [-0.2, -0.15) is 0 Å². The zero-order chi connectivity index (χ0) is 21.7. The lowest BCUT2D eigenvalue weighted by atomic mass is 10.2. The molecule has 160 valence electrons. The molecule has 0 radical (unpaired) electrons. The highest BCUT2D eigenvalue weighted by atomic mass is 35.5. The predicted octanol–water partition coefficient (Wildman–Crippen LogP) is 5.48. The number of anilines is 1. The summed E-state index contributed by atoms with van der Waals surface area (Å²) >= 11 is 7.60. The van der Waals surface area contributed by atoms with Gasteiger partial charge in [0.25, 0.3) is 5.91 Å². The Labute approximate surface area is 185 Å². The van der Waals surface area contributed by atoms with Crippen LogP contribution >= 0.6 is 22.9 Å². The summed E-state index contributed by atoms with van der Waals surface area (Å²) in [5.74, 6) is -0.00581. The van der Waals surface area contributed by atoms with Crippen LogP contribution in [0.3, 0.4) is 0 Å². The van der Waals surface area contributed by atoms with Crippen LogP contribution in [0.15, 0.2) is 36.4 Å². The van der Waals surface area contributed by atoms with E-state index in [0.717, 1.165) is 35.1 Å². The second kappa shape index (κ2) is 10.2. The molecule has 3 rings (SSSR count). The normalized spacial score (nSPS) is 11.3. The molecule has 5 nitrogen and oxygen atoms in total. The fourth-order valence-corrected chi connectivity index (χ4v) is 4.40. The molecule has 0 aliphatic carbocycles. The molecule has 0 spiro atoms. The third kappa shape index (κ3) is 5.09. The van der Waals surface area contributed by atoms with E-state index in [1.807, 2.05) is 25.1 Å². The molecule has 30 heavy (non-hydrogen) atoms. The van der Waals surface area contributed by atoms with E-state index < -0.39 is 5.82 Å². The number of carbonyl (C=O) groups is 1. The first-order chi connectivity index (χ1) is 14.5. The molecule has 1 aromatic heterocycles. The highest BCUT2D eigenvalue weighted by Crippen LogP contribution is 2.33. The lowest BCUT2D eigenvalue weighted by Crippen LogP contribution is -2.39. The Balaban J connectivity index is 1.97. The lowest BCUT2D eigenvalue weighted by molar-refractivity contribution is 0.0984. The number of nitrogens with zero attached hydrogens (tertiary/aromatic N) is 3. The van der Waals surface area contributed by atoms with Crippen LogP contribution in [0, 0.1) is 5.82 Å². The van der Waals surface area contributed by atoms with E-state index in [4.69, 9.17) is 16.3 Å². The van der Waals surface area contributed by atoms with Crippen LogP contribution in [0.2, 0.25) is 5.02 Å². The number of halogens is 2. The summed E-state index contributed by atoms with van der Waals surface area (Å²) < 4.78 is 20.0. The largest absolute Gasteiger partial charge is 0.494 e. The van der Waals surface area contributed by atoms with Gasteiger partial charge in [0.1, 0.15) is 11.6 Å². The zero-order valence-corrected chi connectivity index (χ0v) is 18.9. The van der Waals surface area contributed by atoms with E-state index in [9.17, 15) is 9.18 Å². The molecule has 0 aliphatic rings. The number of hydrogen-bond acceptors (Lipinski definition) is 5. The molecule has 0 fully saturated rings. The average molecular weight is 450 g/mol. The Morgan fingerprint density at radius 2 is 1.90 bits per heavy atom. The maximum Gasteiger partial charge on any atom is 0.261 e. The fourth-order valence-electron chi connectivity index (χ4n) is 3.14. The molecular weight excluding hydrogens is 425 g/mol. The van der Waals surface area contributed by atoms with Crippen molar-refractivity contribution in [3.63, 3.8) is 0 Å². The van der Waals surface area contributed by atoms with Crippen LogP contribution in [-0.2, 0) is 0 Å². The molecule has 0 aliphatic heterocycles. The highest BCUT2D eigenvalue weighted by Gasteiger charge is 2.24. The Kier molecular flexibility index (Phi) is 7.64. The molecule has 0 unspecified atom stereocenters. The van der Waals surface area contributed by atoms with Crippen molar-refractivity contribution in [1.82, 2.24) is 9.88 Å². The number of likely N-dealkylation sites (N-methyl/N-ethyl adjacent to an activating group) is 1. The average Bonchev–Trinajstić information content (AvgIpc) is 3.14. The van der Waals surface area contributed by atoms with Crippen LogP contribution in [0.25, 0.3) is 10.2 Å². The SMILES string of the molecule is CCOc1ccc2nc(N(CCN(CC)CC)C(=O)c3ccc(F)cc3Cl)sc2c1. The minimum absolute atomic E-state index is 0.0904. The molecule has 0 N–H and O–H groups in total. The van der Waals surface area contributed by atoms with Gasteiger partial charge >= 0.3 is 0 Å². The Morgan fingerprint density at radius 1 is 1.13 bits per heavy atom. The van der Waals surface area contributed by atoms with E-state index in [1.54, 1.807) is 4.90 Å². The van der Waals surface area contributed by atoms with Crippen LogP contribution in [0.5, 0.6) is 5.75 Å². The molecule has 0 saturated heterocycles. The number of ether oxygens (including phenoxy) is 1. The number of carbonyl (C=O) groups excluding carboxylic acids is 1. The van der Waals surface area contributed by atoms with Crippen LogP contribution in [0.4, 0.5) is 9.52 Å². The van der Waals surface area contributed by atoms with Gasteiger partial charge in [-0.25, -0.2) is 9.37 Å². The van der Waals surface area contributed by atoms with E-state index in [1.165, 1.54) is 23.5 Å². The molecular formula is C22H25ClFN3O2S. The number of benzene rings is 2. The fraction of sp³-hybridized carbons (Fsp3) is 0.364. The van der Waals surface area contributed by atoms with E-state index in [-0.39, 0.29) is 16.5 Å². The molecule has 0 atom stereocenters. The van der Waals surface area contributed by atoms with Crippen molar-refractivity contribution >= 4 is 44.2 Å². The number of aromatic nitrogens is 1. The quantitative estimate of drug-likeness (QED) is 0.434. The van der Waals surface area contributed by atoms with Gasteiger partial charge in [-0.1, -0.05) is 36.8 Å². The molecule has 1 amide bonds. The number of thiazole rings is 1. The van der Waals surface area contributed by atoms with E-state index >= 15 is 0 Å². The summed E-state index contributed by atoms with van der Waals surface area (Å²) in [4.78, 5) is 21.9. The van der Waals surface area contributed by atoms with Crippen LogP contribution in [-0.4, -0.2) is 48.6 Å². The van der Waals surface area contributed by atoms with Crippen LogP contribution < -0.4 is 9.64 Å². The number of amides is 1. The second-order valence-electron chi connectivity index (χ2n) is 6.67. The van der Waals surface area contributed by atoms with Crippen molar-refractivity contribution in [3.8, 4) is 5.75 Å². The van der Waals surface area contributed by atoms with Crippen LogP contribution in [0.1, 0.15) is 31.1 Å². The predicted molar refractivity (Wildman–Crippen MR) is 122 cm³/mol. The zero-order valence-electron chi connectivity index (χ0n) is 17.3. The van der Waals surface area contributed by atoms with E-state index in [2.05, 4.69) is 23.7 Å². The van der Waals surface area contributed by atoms with Gasteiger partial charge in [0.05, 0.1) is 27.4 Å². The summed E-state index contributed by atoms with van der Waals surface area (Å²) in [5, 5.41) is 0.670. The standard InChI is InChI=1S/C22H25ClFN3O2S/c1-4-26(5-2)11-12-27(21(28)17-9-7-15(24)13-18(17)23)22-25-19-10-8-16(29-6-3)14-20(19)30-22/h7-10,13-14H,4-6,11-12H2,1-3H3. The van der Waals surface area contributed by atoms with Gasteiger partial charge in [0.2, 0.25) is 0 Å². The molecule has 0 saturated carbocycles. The van der Waals surface area contributed by atoms with Gasteiger partial charge in [-0.05, 0) is 56.4 Å². The Bertz CT molecular complexity index is 1020. The number of rotatable bonds is 9. The summed E-state index contributed by atoms with van der Waals surface area (Å²) in [6, 6.07) is 9.51. The number of hydrogen-bond donors (Lipinski definition) is 0. The first-order valence-electron chi connectivity index (χ1n) is 9.99. The molecule has 1 heterocycles. The monoisotopic (exact) mass is 449 g/mol. The van der Waals surface area contributed by atoms with Crippen molar-refractivity contribution in [2.75, 3.05) is 37.7 Å². The van der Waals surface area contributed by atoms with Gasteiger partial charge in [0.15, 0.2) is 5.13 Å². The Morgan fingerprint density at radius 3 is 2.57 bits per heavy atom. The second-order valence-corrected chi connectivity index (χ2v) is 8.08. The summed E-state index contributed by atoms with van der Waals surface area (Å²) in [6.07, 6.45) is 0. The summed E-state index contributed by atoms with van der Waals surface area (Å²) in [7, 11) is 0. The number of fused-ring (bicyclic) bond motifs is 1. The smallest absolute Gasteiger partial charge is 0.261 e. The van der Waals surface area contributed by atoms with Crippen molar-refractivity contribution in [2.24, 2.45) is 0 Å². The van der Waals surface area contributed by atoms with E-state index in [0.29, 0.717) is 24.8 Å². The summed E-state index contributed by atoms with van der Waals surface area (Å²) in [6.45, 7) is 9.58. The summed E-state index contributed by atoms with van der Waals surface area (Å²) in [5.41, 5.74) is 1.05. The van der Waals surface area contributed by atoms with Crippen molar-refractivity contribution < 1.29 is 13.9 Å². The third-order valence-corrected chi connectivity index (χ3v) is 6.19.